The van der Waals surface area contributed by atoms with Gasteiger partial charge in [0.2, 0.25) is 5.88 Å². The zero-order valence-electron chi connectivity index (χ0n) is 12.4. The number of aromatic nitrogens is 1. The maximum Gasteiger partial charge on any atom is 0.259 e. The third-order valence-corrected chi connectivity index (χ3v) is 3.46. The number of ether oxygens (including phenoxy) is 2. The van der Waals surface area contributed by atoms with Gasteiger partial charge in [0.15, 0.2) is 5.60 Å². The van der Waals surface area contributed by atoms with E-state index in [1.807, 2.05) is 0 Å². The van der Waals surface area contributed by atoms with Gasteiger partial charge in [-0.05, 0) is 19.1 Å². The van der Waals surface area contributed by atoms with Crippen LogP contribution in [0.1, 0.15) is 17.3 Å². The molecule has 0 aromatic carbocycles. The average Bonchev–Trinajstić information content (AvgIpc) is 2.53. The molecule has 1 atom stereocenters. The van der Waals surface area contributed by atoms with Crippen LogP contribution < -0.4 is 10.1 Å². The van der Waals surface area contributed by atoms with Gasteiger partial charge in [-0.25, -0.2) is 4.98 Å². The number of likely N-dealkylation sites (N-methyl/N-ethyl adjacent to an activating group) is 1. The summed E-state index contributed by atoms with van der Waals surface area (Å²) in [5.74, 6) is -0.202. The first-order valence-corrected chi connectivity index (χ1v) is 6.66. The van der Waals surface area contributed by atoms with Crippen molar-refractivity contribution in [2.45, 2.75) is 12.5 Å². The molecule has 2 heterocycles. The third-order valence-electron chi connectivity index (χ3n) is 3.46. The lowest BCUT2D eigenvalue weighted by Crippen LogP contribution is -2.58. The third kappa shape index (κ3) is 2.97. The van der Waals surface area contributed by atoms with Crippen molar-refractivity contribution < 1.29 is 19.1 Å². The molecule has 1 aromatic rings. The van der Waals surface area contributed by atoms with Gasteiger partial charge in [0.25, 0.3) is 11.8 Å². The predicted molar refractivity (Wildman–Crippen MR) is 75.1 cm³/mol. The van der Waals surface area contributed by atoms with Crippen LogP contribution in [-0.2, 0) is 9.53 Å². The average molecular weight is 293 g/mol. The molecule has 2 rings (SSSR count). The van der Waals surface area contributed by atoms with E-state index in [0.29, 0.717) is 18.7 Å². The Morgan fingerprint density at radius 3 is 2.95 bits per heavy atom. The molecule has 7 heteroatoms. The molecular weight excluding hydrogens is 274 g/mol. The maximum atomic E-state index is 12.6. The number of hydrogen-bond donors (Lipinski definition) is 1. The number of nitrogens with zero attached hydrogens (tertiary/aromatic N) is 2. The lowest BCUT2D eigenvalue weighted by Gasteiger charge is -2.39. The van der Waals surface area contributed by atoms with E-state index in [4.69, 9.17) is 9.47 Å². The normalized spacial score (nSPS) is 21.8. The van der Waals surface area contributed by atoms with Crippen LogP contribution in [-0.4, -0.2) is 61.2 Å². The molecule has 0 spiro atoms. The summed E-state index contributed by atoms with van der Waals surface area (Å²) < 4.78 is 10.6. The molecule has 1 fully saturated rings. The first-order chi connectivity index (χ1) is 10.0. The van der Waals surface area contributed by atoms with Crippen LogP contribution in [0.2, 0.25) is 0 Å². The number of methoxy groups -OCH3 is 1. The number of pyridine rings is 1. The van der Waals surface area contributed by atoms with E-state index >= 15 is 0 Å². The van der Waals surface area contributed by atoms with Gasteiger partial charge in [-0.1, -0.05) is 0 Å². The van der Waals surface area contributed by atoms with Gasteiger partial charge in [0.05, 0.1) is 20.3 Å². The van der Waals surface area contributed by atoms with E-state index in [2.05, 4.69) is 10.3 Å². The highest BCUT2D eigenvalue weighted by molar-refractivity contribution is 5.97. The number of morpholine rings is 1. The topological polar surface area (TPSA) is 80.8 Å². The van der Waals surface area contributed by atoms with Gasteiger partial charge < -0.3 is 19.7 Å². The van der Waals surface area contributed by atoms with Gasteiger partial charge in [0, 0.05) is 19.8 Å². The van der Waals surface area contributed by atoms with Crippen LogP contribution in [0.5, 0.6) is 5.88 Å². The van der Waals surface area contributed by atoms with E-state index in [-0.39, 0.29) is 24.2 Å². The largest absolute Gasteiger partial charge is 0.480 e. The highest BCUT2D eigenvalue weighted by Gasteiger charge is 2.40. The van der Waals surface area contributed by atoms with Crippen LogP contribution in [0.15, 0.2) is 18.3 Å². The molecule has 1 aromatic heterocycles. The molecular formula is C14H19N3O4. The minimum atomic E-state index is -1.04. The van der Waals surface area contributed by atoms with Crippen LogP contribution in [0.3, 0.4) is 0 Å². The molecule has 0 radical (unpaired) electrons. The van der Waals surface area contributed by atoms with Crippen molar-refractivity contribution in [3.05, 3.63) is 23.9 Å². The smallest absolute Gasteiger partial charge is 0.259 e. The van der Waals surface area contributed by atoms with Crippen molar-refractivity contribution in [2.24, 2.45) is 0 Å². The standard InChI is InChI=1S/C14H19N3O4/c1-14(13(19)15-2)9-17(7-8-21-14)12(18)10-5-4-6-16-11(10)20-3/h4-6H,7-9H2,1-3H3,(H,15,19)/t14-/m0/s1. The number of amides is 2. The van der Waals surface area contributed by atoms with Gasteiger partial charge in [-0.15, -0.1) is 0 Å². The minimum absolute atomic E-state index is 0.184. The second-order valence-corrected chi connectivity index (χ2v) is 4.95. The Morgan fingerprint density at radius 2 is 2.29 bits per heavy atom. The minimum Gasteiger partial charge on any atom is -0.480 e. The van der Waals surface area contributed by atoms with Crippen LogP contribution in [0, 0.1) is 0 Å². The second kappa shape index (κ2) is 6.09. The predicted octanol–water partition coefficient (Wildman–Crippen LogP) is 0.0673. The summed E-state index contributed by atoms with van der Waals surface area (Å²) >= 11 is 0. The summed E-state index contributed by atoms with van der Waals surface area (Å²) in [5, 5.41) is 2.56. The van der Waals surface area contributed by atoms with Crippen LogP contribution >= 0.6 is 0 Å². The van der Waals surface area contributed by atoms with Gasteiger partial charge in [-0.3, -0.25) is 9.59 Å². The fourth-order valence-corrected chi connectivity index (χ4v) is 2.33. The molecule has 1 aliphatic heterocycles. The molecule has 2 amide bonds. The molecule has 0 unspecified atom stereocenters. The molecule has 114 valence electrons. The molecule has 0 saturated carbocycles. The summed E-state index contributed by atoms with van der Waals surface area (Å²) in [4.78, 5) is 30.1. The lowest BCUT2D eigenvalue weighted by atomic mass is 10.0. The number of carbonyl (C=O) groups is 2. The summed E-state index contributed by atoms with van der Waals surface area (Å²) in [5.41, 5.74) is -0.667. The van der Waals surface area contributed by atoms with Crippen molar-refractivity contribution in [1.29, 1.82) is 0 Å². The summed E-state index contributed by atoms with van der Waals surface area (Å²) in [6.45, 7) is 2.58. The molecule has 0 aliphatic carbocycles. The zero-order valence-corrected chi connectivity index (χ0v) is 12.4. The zero-order chi connectivity index (χ0) is 15.5. The Balaban J connectivity index is 2.21. The fraction of sp³-hybridized carbons (Fsp3) is 0.500. The van der Waals surface area contributed by atoms with Crippen molar-refractivity contribution in [3.63, 3.8) is 0 Å². The number of hydrogen-bond acceptors (Lipinski definition) is 5. The second-order valence-electron chi connectivity index (χ2n) is 4.95. The monoisotopic (exact) mass is 293 g/mol. The van der Waals surface area contributed by atoms with Gasteiger partial charge in [-0.2, -0.15) is 0 Å². The van der Waals surface area contributed by atoms with Crippen LogP contribution in [0.4, 0.5) is 0 Å². The van der Waals surface area contributed by atoms with E-state index in [1.54, 1.807) is 37.2 Å². The SMILES string of the molecule is CNC(=O)[C@]1(C)CN(C(=O)c2cccnc2OC)CCO1. The Kier molecular flexibility index (Phi) is 4.42. The number of carbonyl (C=O) groups excluding carboxylic acids is 2. The Bertz CT molecular complexity index is 549. The first kappa shape index (κ1) is 15.2. The van der Waals surface area contributed by atoms with E-state index in [1.165, 1.54) is 7.11 Å². The van der Waals surface area contributed by atoms with Crippen molar-refractivity contribution in [1.82, 2.24) is 15.2 Å². The Hall–Kier alpha value is -2.15. The molecule has 1 aliphatic rings. The molecule has 0 bridgehead atoms. The van der Waals surface area contributed by atoms with E-state index in [0.717, 1.165) is 0 Å². The highest BCUT2D eigenvalue weighted by atomic mass is 16.5. The number of rotatable bonds is 3. The molecule has 1 N–H and O–H groups in total. The Morgan fingerprint density at radius 1 is 1.52 bits per heavy atom. The van der Waals surface area contributed by atoms with Gasteiger partial charge >= 0.3 is 0 Å². The summed E-state index contributed by atoms with van der Waals surface area (Å²) in [6, 6.07) is 3.33. The quantitative estimate of drug-likeness (QED) is 0.853. The van der Waals surface area contributed by atoms with Crippen LogP contribution in [0.25, 0.3) is 0 Å². The van der Waals surface area contributed by atoms with Crippen molar-refractivity contribution >= 4 is 11.8 Å². The lowest BCUT2D eigenvalue weighted by molar-refractivity contribution is -0.153. The van der Waals surface area contributed by atoms with Crippen molar-refractivity contribution in [2.75, 3.05) is 33.9 Å². The van der Waals surface area contributed by atoms with Crippen molar-refractivity contribution in [3.8, 4) is 5.88 Å². The first-order valence-electron chi connectivity index (χ1n) is 6.66. The fourth-order valence-electron chi connectivity index (χ4n) is 2.33. The molecule has 7 nitrogen and oxygen atoms in total. The van der Waals surface area contributed by atoms with E-state index < -0.39 is 5.60 Å². The molecule has 21 heavy (non-hydrogen) atoms. The highest BCUT2D eigenvalue weighted by Crippen LogP contribution is 2.22. The van der Waals surface area contributed by atoms with Gasteiger partial charge in [0.1, 0.15) is 5.56 Å². The molecule has 1 saturated heterocycles. The Labute approximate surface area is 123 Å². The van der Waals surface area contributed by atoms with E-state index in [9.17, 15) is 9.59 Å². The number of nitrogens with one attached hydrogen (secondary N) is 1. The summed E-state index contributed by atoms with van der Waals surface area (Å²) in [6.07, 6.45) is 1.56. The maximum absolute atomic E-state index is 12.6. The summed E-state index contributed by atoms with van der Waals surface area (Å²) in [7, 11) is 3.01.